The van der Waals surface area contributed by atoms with E-state index in [2.05, 4.69) is 11.1 Å². The molecule has 0 aliphatic carbocycles. The molecule has 1 aromatic heterocycles. The number of methoxy groups -OCH3 is 1. The molecule has 2 aromatic carbocycles. The third-order valence-electron chi connectivity index (χ3n) is 4.28. The van der Waals surface area contributed by atoms with Crippen molar-refractivity contribution in [1.82, 2.24) is 4.98 Å². The van der Waals surface area contributed by atoms with Crippen molar-refractivity contribution in [3.05, 3.63) is 52.3 Å². The van der Waals surface area contributed by atoms with Crippen molar-refractivity contribution in [2.75, 3.05) is 13.9 Å². The van der Waals surface area contributed by atoms with Gasteiger partial charge < -0.3 is 18.9 Å². The number of carbonyl (C=O) groups is 1. The van der Waals surface area contributed by atoms with Gasteiger partial charge in [0.1, 0.15) is 11.1 Å². The molecule has 3 aromatic rings. The van der Waals surface area contributed by atoms with E-state index in [0.29, 0.717) is 33.6 Å². The lowest BCUT2D eigenvalue weighted by Crippen LogP contribution is -2.03. The van der Waals surface area contributed by atoms with Crippen LogP contribution in [0.15, 0.2) is 41.8 Å². The summed E-state index contributed by atoms with van der Waals surface area (Å²) in [6, 6.07) is 12.9. The van der Waals surface area contributed by atoms with Gasteiger partial charge in [-0.2, -0.15) is 5.26 Å². The minimum Gasteiger partial charge on any atom is -0.493 e. The summed E-state index contributed by atoms with van der Waals surface area (Å²) in [7, 11) is 1.49. The molecular formula is C22H16N2O5S. The number of nitrogens with zero attached hydrogens (tertiary/aromatic N) is 2. The van der Waals surface area contributed by atoms with Gasteiger partial charge in [-0.15, -0.1) is 11.3 Å². The Morgan fingerprint density at radius 2 is 2.03 bits per heavy atom. The van der Waals surface area contributed by atoms with Gasteiger partial charge in [-0.05, 0) is 42.0 Å². The zero-order valence-corrected chi connectivity index (χ0v) is 17.0. The lowest BCUT2D eigenvalue weighted by molar-refractivity contribution is -0.132. The minimum atomic E-state index is -0.437. The Bertz CT molecular complexity index is 1190. The maximum Gasteiger partial charge on any atom is 0.308 e. The molecule has 0 radical (unpaired) electrons. The molecule has 0 atom stereocenters. The summed E-state index contributed by atoms with van der Waals surface area (Å²) in [5.74, 6) is 1.67. The van der Waals surface area contributed by atoms with E-state index in [9.17, 15) is 10.1 Å². The van der Waals surface area contributed by atoms with Gasteiger partial charge in [-0.1, -0.05) is 6.07 Å². The second-order valence-electron chi connectivity index (χ2n) is 6.28. The molecule has 0 saturated heterocycles. The Kier molecular flexibility index (Phi) is 5.37. The molecule has 8 heteroatoms. The number of rotatable bonds is 5. The van der Waals surface area contributed by atoms with E-state index >= 15 is 0 Å². The number of thiazole rings is 1. The summed E-state index contributed by atoms with van der Waals surface area (Å²) in [5.41, 5.74) is 2.76. The van der Waals surface area contributed by atoms with Gasteiger partial charge in [-0.25, -0.2) is 4.98 Å². The van der Waals surface area contributed by atoms with Crippen molar-refractivity contribution < 1.29 is 23.7 Å². The number of allylic oxidation sites excluding steroid dienone is 1. The van der Waals surface area contributed by atoms with Gasteiger partial charge in [0.2, 0.25) is 6.79 Å². The summed E-state index contributed by atoms with van der Waals surface area (Å²) in [6.07, 6.45) is 1.71. The van der Waals surface area contributed by atoms with Crippen molar-refractivity contribution in [2.24, 2.45) is 0 Å². The van der Waals surface area contributed by atoms with Crippen molar-refractivity contribution in [3.63, 3.8) is 0 Å². The van der Waals surface area contributed by atoms with Crippen LogP contribution in [0, 0.1) is 11.3 Å². The lowest BCUT2D eigenvalue weighted by Gasteiger charge is -2.08. The van der Waals surface area contributed by atoms with E-state index in [-0.39, 0.29) is 6.79 Å². The summed E-state index contributed by atoms with van der Waals surface area (Å²) in [4.78, 5) is 15.8. The van der Waals surface area contributed by atoms with Gasteiger partial charge in [0, 0.05) is 17.9 Å². The van der Waals surface area contributed by atoms with E-state index in [1.54, 1.807) is 24.3 Å². The van der Waals surface area contributed by atoms with Crippen LogP contribution < -0.4 is 18.9 Å². The number of ether oxygens (including phenoxy) is 4. The van der Waals surface area contributed by atoms with E-state index < -0.39 is 5.97 Å². The first-order chi connectivity index (χ1) is 14.6. The third kappa shape index (κ3) is 3.97. The van der Waals surface area contributed by atoms with E-state index in [4.69, 9.17) is 18.9 Å². The maximum absolute atomic E-state index is 11.2. The van der Waals surface area contributed by atoms with Gasteiger partial charge >= 0.3 is 5.97 Å². The molecule has 0 fully saturated rings. The largest absolute Gasteiger partial charge is 0.493 e. The number of carbonyl (C=O) groups excluding carboxylic acids is 1. The second kappa shape index (κ2) is 8.27. The predicted octanol–water partition coefficient (Wildman–Crippen LogP) is 4.54. The van der Waals surface area contributed by atoms with Crippen molar-refractivity contribution in [3.8, 4) is 40.3 Å². The highest BCUT2D eigenvalue weighted by Gasteiger charge is 2.16. The van der Waals surface area contributed by atoms with Crippen LogP contribution >= 0.6 is 11.3 Å². The Morgan fingerprint density at radius 1 is 1.20 bits per heavy atom. The van der Waals surface area contributed by atoms with E-state index in [0.717, 1.165) is 16.8 Å². The first kappa shape index (κ1) is 19.5. The van der Waals surface area contributed by atoms with Crippen molar-refractivity contribution in [1.29, 1.82) is 5.26 Å². The summed E-state index contributed by atoms with van der Waals surface area (Å²) < 4.78 is 21.1. The van der Waals surface area contributed by atoms with Gasteiger partial charge in [0.05, 0.1) is 18.4 Å². The molecule has 30 heavy (non-hydrogen) atoms. The highest BCUT2D eigenvalue weighted by atomic mass is 32.1. The molecule has 1 aliphatic heterocycles. The zero-order valence-electron chi connectivity index (χ0n) is 16.2. The number of fused-ring (bicyclic) bond motifs is 1. The fourth-order valence-corrected chi connectivity index (χ4v) is 3.70. The van der Waals surface area contributed by atoms with Gasteiger partial charge in [0.25, 0.3) is 0 Å². The first-order valence-corrected chi connectivity index (χ1v) is 9.79. The molecule has 0 saturated carbocycles. The fraction of sp³-hybridized carbons (Fsp3) is 0.136. The molecule has 0 bridgehead atoms. The summed E-state index contributed by atoms with van der Waals surface area (Å²) >= 11 is 1.38. The number of esters is 1. The molecule has 0 unspecified atom stereocenters. The van der Waals surface area contributed by atoms with Gasteiger partial charge in [0.15, 0.2) is 23.0 Å². The molecule has 2 heterocycles. The zero-order chi connectivity index (χ0) is 21.1. The van der Waals surface area contributed by atoms with Crippen LogP contribution in [0.4, 0.5) is 0 Å². The SMILES string of the molecule is COc1cc(/C=C(\C#N)c2nc(-c3ccc4c(c3)OCO4)cs2)ccc1OC(C)=O. The Labute approximate surface area is 176 Å². The molecule has 0 amide bonds. The Morgan fingerprint density at radius 3 is 2.80 bits per heavy atom. The van der Waals surface area contributed by atoms with Crippen LogP contribution in [0.3, 0.4) is 0 Å². The average Bonchev–Trinajstić information content (AvgIpc) is 3.41. The predicted molar refractivity (Wildman–Crippen MR) is 111 cm³/mol. The minimum absolute atomic E-state index is 0.210. The number of nitriles is 1. The second-order valence-corrected chi connectivity index (χ2v) is 7.14. The standard InChI is InChI=1S/C22H16N2O5S/c1-13(25)29-19-5-3-14(8-20(19)26-2)7-16(10-23)22-24-17(11-30-22)15-4-6-18-21(9-15)28-12-27-18/h3-9,11H,12H2,1-2H3/b16-7+. The van der Waals surface area contributed by atoms with Crippen LogP contribution in [0.1, 0.15) is 17.5 Å². The summed E-state index contributed by atoms with van der Waals surface area (Å²) in [5, 5.41) is 12.1. The van der Waals surface area contributed by atoms with Gasteiger partial charge in [-0.3, -0.25) is 4.79 Å². The average molecular weight is 420 g/mol. The van der Waals surface area contributed by atoms with Crippen LogP contribution in [-0.4, -0.2) is 24.9 Å². The molecule has 150 valence electrons. The van der Waals surface area contributed by atoms with Crippen LogP contribution in [0.5, 0.6) is 23.0 Å². The smallest absolute Gasteiger partial charge is 0.308 e. The molecule has 4 rings (SSSR count). The van der Waals surface area contributed by atoms with E-state index in [1.165, 1.54) is 25.4 Å². The lowest BCUT2D eigenvalue weighted by atomic mass is 10.1. The van der Waals surface area contributed by atoms with Crippen molar-refractivity contribution >= 4 is 29.0 Å². The molecule has 0 N–H and O–H groups in total. The molecule has 0 spiro atoms. The Balaban J connectivity index is 1.63. The topological polar surface area (TPSA) is 90.7 Å². The normalized spacial score (nSPS) is 12.4. The van der Waals surface area contributed by atoms with Crippen LogP contribution in [-0.2, 0) is 4.79 Å². The highest BCUT2D eigenvalue weighted by Crippen LogP contribution is 2.37. The molecule has 1 aliphatic rings. The number of benzene rings is 2. The third-order valence-corrected chi connectivity index (χ3v) is 5.15. The van der Waals surface area contributed by atoms with E-state index in [1.807, 2.05) is 23.6 Å². The van der Waals surface area contributed by atoms with Crippen molar-refractivity contribution in [2.45, 2.75) is 6.92 Å². The first-order valence-electron chi connectivity index (χ1n) is 8.91. The maximum atomic E-state index is 11.2. The van der Waals surface area contributed by atoms with Crippen LogP contribution in [0.25, 0.3) is 22.9 Å². The highest BCUT2D eigenvalue weighted by molar-refractivity contribution is 7.11. The monoisotopic (exact) mass is 420 g/mol. The Hall–Kier alpha value is -3.83. The number of aromatic nitrogens is 1. The van der Waals surface area contributed by atoms with Crippen LogP contribution in [0.2, 0.25) is 0 Å². The number of hydrogen-bond acceptors (Lipinski definition) is 8. The number of hydrogen-bond donors (Lipinski definition) is 0. The molecule has 7 nitrogen and oxygen atoms in total. The molecular weight excluding hydrogens is 404 g/mol. The quantitative estimate of drug-likeness (QED) is 0.340. The fourth-order valence-electron chi connectivity index (χ4n) is 2.91. The summed E-state index contributed by atoms with van der Waals surface area (Å²) in [6.45, 7) is 1.53.